The van der Waals surface area contributed by atoms with Crippen LogP contribution in [0.2, 0.25) is 0 Å². The van der Waals surface area contributed by atoms with Crippen molar-refractivity contribution in [2.75, 3.05) is 17.3 Å². The largest absolute Gasteiger partial charge is 0.467 e. The number of para-hydroxylation sites is 1. The van der Waals surface area contributed by atoms with E-state index in [-0.39, 0.29) is 17.9 Å². The van der Waals surface area contributed by atoms with Crippen LogP contribution in [0.5, 0.6) is 6.01 Å². The summed E-state index contributed by atoms with van der Waals surface area (Å²) in [6, 6.07) is 15.1. The number of methoxy groups -OCH3 is 1. The first-order chi connectivity index (χ1) is 13.1. The molecular weight excluding hydrogens is 345 g/mol. The molecule has 1 unspecified atom stereocenters. The van der Waals surface area contributed by atoms with E-state index >= 15 is 0 Å². The molecular formula is C20H20FN5O. The van der Waals surface area contributed by atoms with E-state index in [0.29, 0.717) is 18.4 Å². The van der Waals surface area contributed by atoms with E-state index in [0.717, 1.165) is 17.7 Å². The predicted molar refractivity (Wildman–Crippen MR) is 102 cm³/mol. The van der Waals surface area contributed by atoms with Gasteiger partial charge in [-0.15, -0.1) is 0 Å². The summed E-state index contributed by atoms with van der Waals surface area (Å²) >= 11 is 0. The first-order valence-corrected chi connectivity index (χ1v) is 8.79. The molecule has 0 bridgehead atoms. The van der Waals surface area contributed by atoms with E-state index in [1.54, 1.807) is 6.07 Å². The Bertz CT molecular complexity index is 965. The van der Waals surface area contributed by atoms with Gasteiger partial charge in [-0.1, -0.05) is 30.3 Å². The number of hydrogen-bond acceptors (Lipinski definition) is 6. The van der Waals surface area contributed by atoms with Gasteiger partial charge in [0.1, 0.15) is 5.82 Å². The van der Waals surface area contributed by atoms with E-state index in [4.69, 9.17) is 4.74 Å². The first-order valence-electron chi connectivity index (χ1n) is 8.79. The van der Waals surface area contributed by atoms with E-state index in [1.807, 2.05) is 18.2 Å². The maximum Gasteiger partial charge on any atom is 0.322 e. The summed E-state index contributed by atoms with van der Waals surface area (Å²) in [4.78, 5) is 15.4. The van der Waals surface area contributed by atoms with Gasteiger partial charge in [-0.2, -0.15) is 15.0 Å². The van der Waals surface area contributed by atoms with Gasteiger partial charge in [0, 0.05) is 18.3 Å². The summed E-state index contributed by atoms with van der Waals surface area (Å²) in [5.74, 6) is 0.643. The molecule has 0 saturated carbocycles. The monoisotopic (exact) mass is 365 g/mol. The van der Waals surface area contributed by atoms with Gasteiger partial charge in [-0.05, 0) is 42.7 Å². The Balaban J connectivity index is 1.63. The third-order valence-electron chi connectivity index (χ3n) is 4.55. The van der Waals surface area contributed by atoms with Crippen molar-refractivity contribution in [1.82, 2.24) is 15.0 Å². The van der Waals surface area contributed by atoms with Crippen molar-refractivity contribution < 1.29 is 9.13 Å². The van der Waals surface area contributed by atoms with Crippen molar-refractivity contribution >= 4 is 17.6 Å². The van der Waals surface area contributed by atoms with Crippen LogP contribution in [0.1, 0.15) is 18.1 Å². The predicted octanol–water partition coefficient (Wildman–Crippen LogP) is 3.71. The van der Waals surface area contributed by atoms with Crippen LogP contribution in [0.3, 0.4) is 0 Å². The zero-order valence-corrected chi connectivity index (χ0v) is 15.2. The van der Waals surface area contributed by atoms with Crippen LogP contribution in [0, 0.1) is 5.82 Å². The zero-order chi connectivity index (χ0) is 18.8. The Morgan fingerprint density at radius 1 is 1.15 bits per heavy atom. The molecule has 0 fully saturated rings. The number of anilines is 3. The maximum absolute atomic E-state index is 13.4. The molecule has 1 aliphatic rings. The molecule has 1 aromatic heterocycles. The Hall–Kier alpha value is -3.22. The lowest BCUT2D eigenvalue weighted by molar-refractivity contribution is 0.379. The van der Waals surface area contributed by atoms with Crippen molar-refractivity contribution in [2.45, 2.75) is 25.9 Å². The molecule has 0 amide bonds. The van der Waals surface area contributed by atoms with Gasteiger partial charge in [0.2, 0.25) is 11.9 Å². The van der Waals surface area contributed by atoms with E-state index in [9.17, 15) is 4.39 Å². The summed E-state index contributed by atoms with van der Waals surface area (Å²) in [6.07, 6.45) is 0.927. The SMILES string of the molecule is COc1nc(NCc2cccc(F)c2)nc(N2c3ccccc3CC2C)n1. The fourth-order valence-corrected chi connectivity index (χ4v) is 3.32. The standard InChI is InChI=1S/C20H20FN5O/c1-13-10-15-7-3-4-9-17(15)26(13)19-23-18(24-20(25-19)27-2)22-12-14-6-5-8-16(21)11-14/h3-9,11,13H,10,12H2,1-2H3,(H,22,23,24,25). The lowest BCUT2D eigenvalue weighted by Crippen LogP contribution is -2.26. The number of nitrogens with zero attached hydrogens (tertiary/aromatic N) is 4. The number of halogens is 1. The van der Waals surface area contributed by atoms with Gasteiger partial charge in [-0.3, -0.25) is 0 Å². The minimum atomic E-state index is -0.272. The Morgan fingerprint density at radius 3 is 2.81 bits per heavy atom. The highest BCUT2D eigenvalue weighted by atomic mass is 19.1. The molecule has 0 spiro atoms. The molecule has 0 aliphatic carbocycles. The second-order valence-corrected chi connectivity index (χ2v) is 6.48. The highest BCUT2D eigenvalue weighted by Crippen LogP contribution is 2.36. The van der Waals surface area contributed by atoms with Crippen LogP contribution in [0.15, 0.2) is 48.5 Å². The minimum Gasteiger partial charge on any atom is -0.467 e. The van der Waals surface area contributed by atoms with Crippen LogP contribution in [0.25, 0.3) is 0 Å². The number of fused-ring (bicyclic) bond motifs is 1. The Kier molecular flexibility index (Phi) is 4.58. The van der Waals surface area contributed by atoms with Crippen molar-refractivity contribution in [3.63, 3.8) is 0 Å². The van der Waals surface area contributed by atoms with Crippen LogP contribution < -0.4 is 15.0 Å². The van der Waals surface area contributed by atoms with Crippen molar-refractivity contribution in [1.29, 1.82) is 0 Å². The molecule has 3 aromatic rings. The van der Waals surface area contributed by atoms with Crippen molar-refractivity contribution in [2.24, 2.45) is 0 Å². The summed E-state index contributed by atoms with van der Waals surface area (Å²) in [5, 5.41) is 3.13. The van der Waals surface area contributed by atoms with E-state index < -0.39 is 0 Å². The lowest BCUT2D eigenvalue weighted by atomic mass is 10.1. The number of ether oxygens (including phenoxy) is 1. The molecule has 4 rings (SSSR count). The molecule has 1 N–H and O–H groups in total. The Labute approximate surface area is 157 Å². The molecule has 2 aromatic carbocycles. The third-order valence-corrected chi connectivity index (χ3v) is 4.55. The van der Waals surface area contributed by atoms with Crippen LogP contribution in [-0.2, 0) is 13.0 Å². The second-order valence-electron chi connectivity index (χ2n) is 6.48. The van der Waals surface area contributed by atoms with E-state index in [2.05, 4.69) is 44.2 Å². The average molecular weight is 365 g/mol. The average Bonchev–Trinajstić information content (AvgIpc) is 3.02. The molecule has 1 atom stereocenters. The van der Waals surface area contributed by atoms with Gasteiger partial charge in [0.25, 0.3) is 0 Å². The molecule has 0 saturated heterocycles. The van der Waals surface area contributed by atoms with Gasteiger partial charge < -0.3 is 15.0 Å². The molecule has 0 radical (unpaired) electrons. The third kappa shape index (κ3) is 3.53. The summed E-state index contributed by atoms with van der Waals surface area (Å²) in [6.45, 7) is 2.53. The van der Waals surface area contributed by atoms with Crippen LogP contribution in [-0.4, -0.2) is 28.1 Å². The second kappa shape index (κ2) is 7.19. The first kappa shape index (κ1) is 17.2. The van der Waals surface area contributed by atoms with Gasteiger partial charge in [-0.25, -0.2) is 4.39 Å². The van der Waals surface area contributed by atoms with Gasteiger partial charge in [0.05, 0.1) is 7.11 Å². The fraction of sp³-hybridized carbons (Fsp3) is 0.250. The zero-order valence-electron chi connectivity index (χ0n) is 15.2. The normalized spacial score (nSPS) is 15.5. The highest BCUT2D eigenvalue weighted by Gasteiger charge is 2.29. The summed E-state index contributed by atoms with van der Waals surface area (Å²) in [5.41, 5.74) is 3.16. The van der Waals surface area contributed by atoms with Crippen LogP contribution in [0.4, 0.5) is 22.0 Å². The molecule has 7 heteroatoms. The number of hydrogen-bond donors (Lipinski definition) is 1. The Morgan fingerprint density at radius 2 is 2.00 bits per heavy atom. The molecule has 2 heterocycles. The molecule has 6 nitrogen and oxygen atoms in total. The molecule has 138 valence electrons. The molecule has 27 heavy (non-hydrogen) atoms. The van der Waals surface area contributed by atoms with E-state index in [1.165, 1.54) is 24.8 Å². The number of aromatic nitrogens is 3. The molecule has 1 aliphatic heterocycles. The lowest BCUT2D eigenvalue weighted by Gasteiger charge is -2.23. The van der Waals surface area contributed by atoms with Gasteiger partial charge in [0.15, 0.2) is 0 Å². The van der Waals surface area contributed by atoms with Crippen molar-refractivity contribution in [3.8, 4) is 6.01 Å². The number of nitrogens with one attached hydrogen (secondary N) is 1. The number of benzene rings is 2. The summed E-state index contributed by atoms with van der Waals surface area (Å²) < 4.78 is 18.6. The minimum absolute atomic E-state index is 0.227. The summed E-state index contributed by atoms with van der Waals surface area (Å²) in [7, 11) is 1.52. The smallest absolute Gasteiger partial charge is 0.322 e. The van der Waals surface area contributed by atoms with Gasteiger partial charge >= 0.3 is 6.01 Å². The van der Waals surface area contributed by atoms with Crippen LogP contribution >= 0.6 is 0 Å². The topological polar surface area (TPSA) is 63.2 Å². The fourth-order valence-electron chi connectivity index (χ4n) is 3.32. The highest BCUT2D eigenvalue weighted by molar-refractivity contribution is 5.67. The number of rotatable bonds is 5. The maximum atomic E-state index is 13.4. The van der Waals surface area contributed by atoms with Crippen molar-refractivity contribution in [3.05, 3.63) is 65.5 Å². The quantitative estimate of drug-likeness (QED) is 0.744.